The van der Waals surface area contributed by atoms with Crippen molar-refractivity contribution in [2.24, 2.45) is 0 Å². The van der Waals surface area contributed by atoms with Crippen molar-refractivity contribution >= 4 is 12.0 Å². The fourth-order valence-corrected chi connectivity index (χ4v) is 4.04. The lowest BCUT2D eigenvalue weighted by Gasteiger charge is -2.24. The van der Waals surface area contributed by atoms with E-state index in [9.17, 15) is 14.3 Å². The van der Waals surface area contributed by atoms with Crippen molar-refractivity contribution in [3.05, 3.63) is 89.5 Å². The summed E-state index contributed by atoms with van der Waals surface area (Å²) in [6.07, 6.45) is 6.37. The smallest absolute Gasteiger partial charge is 0.309 e. The second-order valence-corrected chi connectivity index (χ2v) is 8.76. The predicted molar refractivity (Wildman–Crippen MR) is 129 cm³/mol. The van der Waals surface area contributed by atoms with E-state index in [1.54, 1.807) is 24.5 Å². The number of cyclic esters (lactones) is 1. The number of pyridine rings is 1. The molecule has 34 heavy (non-hydrogen) atoms. The van der Waals surface area contributed by atoms with Gasteiger partial charge in [-0.1, -0.05) is 32.1 Å². The van der Waals surface area contributed by atoms with E-state index < -0.39 is 18.2 Å². The van der Waals surface area contributed by atoms with Gasteiger partial charge in [0.25, 0.3) is 0 Å². The summed E-state index contributed by atoms with van der Waals surface area (Å²) in [5.41, 5.74) is 4.72. The fraction of sp³-hybridized carbons (Fsp3) is 0.286. The van der Waals surface area contributed by atoms with Gasteiger partial charge in [0.2, 0.25) is 0 Å². The number of ether oxygens (including phenoxy) is 2. The van der Waals surface area contributed by atoms with Crippen LogP contribution in [0.5, 0.6) is 5.75 Å². The summed E-state index contributed by atoms with van der Waals surface area (Å²) in [5.74, 6) is 0.161. The molecule has 6 heteroatoms. The Balaban J connectivity index is 1.73. The molecule has 0 unspecified atom stereocenters. The zero-order chi connectivity index (χ0) is 24.1. The zero-order valence-corrected chi connectivity index (χ0v) is 19.3. The molecule has 1 aliphatic heterocycles. The highest BCUT2D eigenvalue weighted by molar-refractivity contribution is 5.79. The molecule has 4 rings (SSSR count). The van der Waals surface area contributed by atoms with Crippen LogP contribution in [-0.2, 0) is 16.1 Å². The van der Waals surface area contributed by atoms with Gasteiger partial charge in [-0.2, -0.15) is 0 Å². The molecule has 5 nitrogen and oxygen atoms in total. The minimum absolute atomic E-state index is 0.0198. The number of hydrogen-bond acceptors (Lipinski definition) is 5. The summed E-state index contributed by atoms with van der Waals surface area (Å²) >= 11 is 0. The summed E-state index contributed by atoms with van der Waals surface area (Å²) in [6, 6.07) is 14.1. The van der Waals surface area contributed by atoms with Gasteiger partial charge in [-0.25, -0.2) is 4.39 Å². The topological polar surface area (TPSA) is 68.7 Å². The van der Waals surface area contributed by atoms with Crippen molar-refractivity contribution in [2.75, 3.05) is 0 Å². The van der Waals surface area contributed by atoms with Crippen LogP contribution in [0.3, 0.4) is 0 Å². The molecule has 0 spiro atoms. The Hall–Kier alpha value is -3.51. The van der Waals surface area contributed by atoms with Gasteiger partial charge >= 0.3 is 5.97 Å². The molecule has 2 heterocycles. The molecule has 0 bridgehead atoms. The lowest BCUT2D eigenvalue weighted by molar-refractivity contribution is -0.156. The van der Waals surface area contributed by atoms with Gasteiger partial charge in [-0.05, 0) is 76.2 Å². The second kappa shape index (κ2) is 10.6. The van der Waals surface area contributed by atoms with Crippen molar-refractivity contribution in [3.63, 3.8) is 0 Å². The number of aliphatic hydroxyl groups excluding tert-OH is 1. The van der Waals surface area contributed by atoms with Crippen LogP contribution in [0.25, 0.3) is 17.2 Å². The van der Waals surface area contributed by atoms with E-state index in [1.165, 1.54) is 12.1 Å². The standard InChI is InChI=1S/C28H28FNO4/c1-18(2)26-15-24(33-17-19-9-11-30-12-10-19)16-27(20-3-5-21(29)6-4-20)25(26)8-7-23-13-22(31)14-28(32)34-23/h3-12,15-16,18,22-23,31H,13-14,17H2,1-2H3/t22-,23-/m1/s1. The van der Waals surface area contributed by atoms with E-state index in [1.807, 2.05) is 36.4 Å². The minimum atomic E-state index is -0.707. The van der Waals surface area contributed by atoms with Crippen LogP contribution in [0.2, 0.25) is 0 Å². The van der Waals surface area contributed by atoms with Gasteiger partial charge in [0.05, 0.1) is 12.5 Å². The lowest BCUT2D eigenvalue weighted by atomic mass is 9.89. The average molecular weight is 462 g/mol. The highest BCUT2D eigenvalue weighted by atomic mass is 19.1. The molecular formula is C28H28FNO4. The molecule has 176 valence electrons. The van der Waals surface area contributed by atoms with Crippen LogP contribution in [0.1, 0.15) is 49.3 Å². The number of rotatable bonds is 7. The third-order valence-corrected chi connectivity index (χ3v) is 5.78. The van der Waals surface area contributed by atoms with Crippen LogP contribution in [0, 0.1) is 5.82 Å². The maximum Gasteiger partial charge on any atom is 0.309 e. The number of carbonyl (C=O) groups is 1. The molecule has 3 aromatic rings. The summed E-state index contributed by atoms with van der Waals surface area (Å²) in [6.45, 7) is 4.59. The van der Waals surface area contributed by atoms with E-state index in [-0.39, 0.29) is 18.2 Å². The van der Waals surface area contributed by atoms with E-state index in [2.05, 4.69) is 18.8 Å². The molecule has 0 aliphatic carbocycles. The first-order valence-electron chi connectivity index (χ1n) is 11.4. The maximum absolute atomic E-state index is 13.6. The van der Waals surface area contributed by atoms with Crippen LogP contribution in [0.4, 0.5) is 4.39 Å². The quantitative estimate of drug-likeness (QED) is 0.459. The average Bonchev–Trinajstić information content (AvgIpc) is 2.82. The van der Waals surface area contributed by atoms with Crippen LogP contribution < -0.4 is 4.74 Å². The molecule has 0 saturated carbocycles. The normalized spacial score (nSPS) is 18.3. The molecular weight excluding hydrogens is 433 g/mol. The van der Waals surface area contributed by atoms with Gasteiger partial charge in [0.1, 0.15) is 24.3 Å². The Labute approximate surface area is 198 Å². The Kier molecular flexibility index (Phi) is 7.38. The number of aromatic nitrogens is 1. The Morgan fingerprint density at radius 1 is 1.18 bits per heavy atom. The summed E-state index contributed by atoms with van der Waals surface area (Å²) in [5, 5.41) is 9.95. The summed E-state index contributed by atoms with van der Waals surface area (Å²) in [4.78, 5) is 15.8. The number of halogens is 1. The zero-order valence-electron chi connectivity index (χ0n) is 19.3. The lowest BCUT2D eigenvalue weighted by Crippen LogP contribution is -2.31. The first kappa shape index (κ1) is 23.6. The molecule has 1 aliphatic rings. The van der Waals surface area contributed by atoms with Gasteiger partial charge in [-0.3, -0.25) is 9.78 Å². The number of nitrogens with zero attached hydrogens (tertiary/aromatic N) is 1. The number of esters is 1. The van der Waals surface area contributed by atoms with Crippen LogP contribution in [0.15, 0.2) is 67.0 Å². The molecule has 2 atom stereocenters. The predicted octanol–water partition coefficient (Wildman–Crippen LogP) is 5.67. The van der Waals surface area contributed by atoms with Gasteiger partial charge in [0, 0.05) is 18.8 Å². The third-order valence-electron chi connectivity index (χ3n) is 5.78. The Morgan fingerprint density at radius 3 is 2.59 bits per heavy atom. The molecule has 1 saturated heterocycles. The molecule has 1 aromatic heterocycles. The SMILES string of the molecule is CC(C)c1cc(OCc2ccncc2)cc(-c2ccc(F)cc2)c1C=C[C@@H]1C[C@@H](O)CC(=O)O1. The largest absolute Gasteiger partial charge is 0.489 e. The van der Waals surface area contributed by atoms with Crippen molar-refractivity contribution in [1.82, 2.24) is 4.98 Å². The van der Waals surface area contributed by atoms with E-state index in [0.717, 1.165) is 27.8 Å². The van der Waals surface area contributed by atoms with Crippen molar-refractivity contribution in [1.29, 1.82) is 0 Å². The van der Waals surface area contributed by atoms with Gasteiger partial charge in [-0.15, -0.1) is 0 Å². The number of hydrogen-bond donors (Lipinski definition) is 1. The number of benzene rings is 2. The Morgan fingerprint density at radius 2 is 1.91 bits per heavy atom. The van der Waals surface area contributed by atoms with Gasteiger partial charge in [0.15, 0.2) is 0 Å². The second-order valence-electron chi connectivity index (χ2n) is 8.76. The number of carbonyl (C=O) groups excluding carboxylic acids is 1. The van der Waals surface area contributed by atoms with Crippen molar-refractivity contribution in [3.8, 4) is 16.9 Å². The molecule has 2 aromatic carbocycles. The first-order valence-corrected chi connectivity index (χ1v) is 11.4. The Bertz CT molecular complexity index is 1160. The van der Waals surface area contributed by atoms with E-state index in [0.29, 0.717) is 18.8 Å². The summed E-state index contributed by atoms with van der Waals surface area (Å²) < 4.78 is 25.2. The fourth-order valence-electron chi connectivity index (χ4n) is 4.04. The van der Waals surface area contributed by atoms with Crippen LogP contribution in [-0.4, -0.2) is 28.3 Å². The van der Waals surface area contributed by atoms with Crippen molar-refractivity contribution < 1.29 is 23.8 Å². The monoisotopic (exact) mass is 461 g/mol. The summed E-state index contributed by atoms with van der Waals surface area (Å²) in [7, 11) is 0. The molecule has 1 fully saturated rings. The molecule has 1 N–H and O–H groups in total. The maximum atomic E-state index is 13.6. The molecule has 0 radical (unpaired) electrons. The molecule has 0 amide bonds. The highest BCUT2D eigenvalue weighted by Gasteiger charge is 2.25. The first-order chi connectivity index (χ1) is 16.4. The van der Waals surface area contributed by atoms with E-state index in [4.69, 9.17) is 9.47 Å². The van der Waals surface area contributed by atoms with E-state index >= 15 is 0 Å². The minimum Gasteiger partial charge on any atom is -0.489 e. The number of aliphatic hydroxyl groups is 1. The van der Waals surface area contributed by atoms with Crippen molar-refractivity contribution in [2.45, 2.75) is 51.4 Å². The highest BCUT2D eigenvalue weighted by Crippen LogP contribution is 2.36. The third kappa shape index (κ3) is 5.88. The van der Waals surface area contributed by atoms with Crippen LogP contribution >= 0.6 is 0 Å². The van der Waals surface area contributed by atoms with Gasteiger partial charge < -0.3 is 14.6 Å².